The summed E-state index contributed by atoms with van der Waals surface area (Å²) in [6, 6.07) is 4.63. The molecule has 0 atom stereocenters. The number of benzene rings is 1. The number of halogens is 1. The van der Waals surface area contributed by atoms with E-state index >= 15 is 0 Å². The van der Waals surface area contributed by atoms with Crippen molar-refractivity contribution in [2.75, 3.05) is 5.73 Å². The van der Waals surface area contributed by atoms with Gasteiger partial charge in [-0.05, 0) is 17.7 Å². The van der Waals surface area contributed by atoms with Crippen LogP contribution in [0.5, 0.6) is 0 Å². The molecule has 0 radical (unpaired) electrons. The quantitative estimate of drug-likeness (QED) is 0.506. The van der Waals surface area contributed by atoms with Gasteiger partial charge in [0.2, 0.25) is 0 Å². The van der Waals surface area contributed by atoms with E-state index in [9.17, 15) is 7.86 Å². The van der Waals surface area contributed by atoms with Crippen molar-refractivity contribution in [2.24, 2.45) is 0 Å². The molecule has 70 valence electrons. The van der Waals surface area contributed by atoms with E-state index in [0.29, 0.717) is 4.43 Å². The van der Waals surface area contributed by atoms with Crippen LogP contribution in [0.2, 0.25) is 0 Å². The number of carbonyl (C=O) groups is 1. The SMILES string of the molecule is Nc1cc(CI=O)ccc1C(=O)O. The van der Waals surface area contributed by atoms with Gasteiger partial charge in [-0.15, -0.1) is 0 Å². The van der Waals surface area contributed by atoms with Crippen LogP contribution < -0.4 is 5.73 Å². The van der Waals surface area contributed by atoms with Crippen LogP contribution >= 0.6 is 21.2 Å². The Morgan fingerprint density at radius 2 is 2.23 bits per heavy atom. The smallest absolute Gasteiger partial charge is 0.337 e. The zero-order chi connectivity index (χ0) is 9.84. The molecular formula is C8H8INO3. The van der Waals surface area contributed by atoms with Crippen LogP contribution in [-0.4, -0.2) is 11.1 Å². The summed E-state index contributed by atoms with van der Waals surface area (Å²) in [6.45, 7) is 0. The highest BCUT2D eigenvalue weighted by Crippen LogP contribution is 2.17. The predicted molar refractivity (Wildman–Crippen MR) is 56.2 cm³/mol. The van der Waals surface area contributed by atoms with Crippen molar-refractivity contribution in [2.45, 2.75) is 4.43 Å². The molecule has 1 aromatic carbocycles. The molecule has 5 heteroatoms. The number of nitrogens with two attached hydrogens (primary N) is 1. The highest BCUT2D eigenvalue weighted by molar-refractivity contribution is 14.1. The number of carboxylic acids is 1. The van der Waals surface area contributed by atoms with Crippen LogP contribution in [-0.2, 0) is 7.50 Å². The zero-order valence-corrected chi connectivity index (χ0v) is 8.82. The molecule has 4 nitrogen and oxygen atoms in total. The Balaban J connectivity index is 3.05. The summed E-state index contributed by atoms with van der Waals surface area (Å²) in [7, 11) is 0. The van der Waals surface area contributed by atoms with E-state index in [0.717, 1.165) is 5.56 Å². The van der Waals surface area contributed by atoms with Crippen LogP contribution in [0.3, 0.4) is 0 Å². The molecule has 13 heavy (non-hydrogen) atoms. The highest BCUT2D eigenvalue weighted by Gasteiger charge is 2.07. The Morgan fingerprint density at radius 1 is 1.54 bits per heavy atom. The average Bonchev–Trinajstić information content (AvgIpc) is 2.04. The Labute approximate surface area is 85.4 Å². The third-order valence-corrected chi connectivity index (χ3v) is 2.75. The summed E-state index contributed by atoms with van der Waals surface area (Å²) in [5, 5.41) is 8.65. The Kier molecular flexibility index (Phi) is 3.35. The molecule has 0 fully saturated rings. The lowest BCUT2D eigenvalue weighted by atomic mass is 10.1. The highest BCUT2D eigenvalue weighted by atomic mass is 127. The van der Waals surface area contributed by atoms with Gasteiger partial charge in [-0.3, -0.25) is 3.07 Å². The number of alkyl halides is 1. The van der Waals surface area contributed by atoms with Gasteiger partial charge in [0.15, 0.2) is 0 Å². The predicted octanol–water partition coefficient (Wildman–Crippen LogP) is 1.78. The van der Waals surface area contributed by atoms with Crippen molar-refractivity contribution in [3.8, 4) is 0 Å². The Bertz CT molecular complexity index is 351. The molecule has 1 rings (SSSR count). The van der Waals surface area contributed by atoms with Crippen LogP contribution in [0.4, 0.5) is 5.69 Å². The van der Waals surface area contributed by atoms with E-state index in [1.165, 1.54) is 6.07 Å². The second kappa shape index (κ2) is 4.31. The summed E-state index contributed by atoms with van der Waals surface area (Å²) in [4.78, 5) is 10.6. The molecule has 0 spiro atoms. The first-order valence-corrected chi connectivity index (χ1v) is 5.89. The van der Waals surface area contributed by atoms with Gasteiger partial charge in [0.1, 0.15) is 21.2 Å². The largest absolute Gasteiger partial charge is 0.478 e. The summed E-state index contributed by atoms with van der Waals surface area (Å²) < 4.78 is 10.9. The molecule has 1 aromatic rings. The maximum Gasteiger partial charge on any atom is 0.337 e. The number of carboxylic acid groups (broad SMARTS) is 1. The summed E-state index contributed by atoms with van der Waals surface area (Å²) in [6.07, 6.45) is 0. The first-order chi connectivity index (χ1) is 6.15. The first kappa shape index (κ1) is 10.1. The minimum Gasteiger partial charge on any atom is -0.478 e. The standard InChI is InChI=1S/C8H8INO3/c10-7-3-5(4-9-13)1-2-6(7)8(11)12/h1-3H,4,10H2,(H,11,12). The lowest BCUT2D eigenvalue weighted by Gasteiger charge is -2.01. The molecule has 0 aliphatic heterocycles. The maximum absolute atomic E-state index is 10.6. The van der Waals surface area contributed by atoms with Crippen molar-refractivity contribution in [1.82, 2.24) is 0 Å². The summed E-state index contributed by atoms with van der Waals surface area (Å²) in [5.74, 6) is -1.04. The van der Waals surface area contributed by atoms with E-state index in [1.54, 1.807) is 12.1 Å². The van der Waals surface area contributed by atoms with Gasteiger partial charge in [0.05, 0.1) is 9.99 Å². The average molecular weight is 293 g/mol. The van der Waals surface area contributed by atoms with E-state index in [4.69, 9.17) is 10.8 Å². The van der Waals surface area contributed by atoms with Gasteiger partial charge < -0.3 is 10.8 Å². The van der Waals surface area contributed by atoms with Crippen LogP contribution in [0.1, 0.15) is 15.9 Å². The van der Waals surface area contributed by atoms with Gasteiger partial charge >= 0.3 is 5.97 Å². The third kappa shape index (κ3) is 2.48. The van der Waals surface area contributed by atoms with Crippen molar-refractivity contribution in [1.29, 1.82) is 0 Å². The van der Waals surface area contributed by atoms with E-state index < -0.39 is 27.2 Å². The fourth-order valence-corrected chi connectivity index (χ4v) is 1.79. The second-order valence-electron chi connectivity index (χ2n) is 2.47. The monoisotopic (exact) mass is 293 g/mol. The van der Waals surface area contributed by atoms with E-state index in [2.05, 4.69) is 0 Å². The van der Waals surface area contributed by atoms with Gasteiger partial charge in [-0.25, -0.2) is 4.79 Å². The molecule has 0 aliphatic carbocycles. The lowest BCUT2D eigenvalue weighted by molar-refractivity contribution is 0.0698. The molecule has 0 saturated heterocycles. The van der Waals surface area contributed by atoms with Crippen molar-refractivity contribution in [3.05, 3.63) is 29.3 Å². The topological polar surface area (TPSA) is 80.4 Å². The van der Waals surface area contributed by atoms with E-state index in [1.807, 2.05) is 0 Å². The fourth-order valence-electron chi connectivity index (χ4n) is 0.953. The molecule has 0 aromatic heterocycles. The Hall–Kier alpha value is -0.980. The minimum absolute atomic E-state index is 0.0906. The third-order valence-electron chi connectivity index (χ3n) is 1.56. The molecule has 0 aliphatic rings. The maximum atomic E-state index is 10.6. The van der Waals surface area contributed by atoms with Crippen molar-refractivity contribution < 1.29 is 13.0 Å². The molecular weight excluding hydrogens is 285 g/mol. The van der Waals surface area contributed by atoms with Crippen LogP contribution in [0, 0.1) is 0 Å². The van der Waals surface area contributed by atoms with E-state index in [-0.39, 0.29) is 11.3 Å². The minimum atomic E-state index is -1.06. The molecule has 0 bridgehead atoms. The molecule has 0 unspecified atom stereocenters. The van der Waals surface area contributed by atoms with Crippen LogP contribution in [0.15, 0.2) is 18.2 Å². The number of aromatic carboxylic acids is 1. The summed E-state index contributed by atoms with van der Waals surface area (Å²) in [5.41, 5.74) is 6.62. The number of hydrogen-bond acceptors (Lipinski definition) is 3. The lowest BCUT2D eigenvalue weighted by Crippen LogP contribution is -2.02. The Morgan fingerprint density at radius 3 is 2.69 bits per heavy atom. The molecule has 0 saturated carbocycles. The van der Waals surface area contributed by atoms with Gasteiger partial charge in [0, 0.05) is 5.69 Å². The van der Waals surface area contributed by atoms with Gasteiger partial charge in [-0.2, -0.15) is 0 Å². The molecule has 0 amide bonds. The van der Waals surface area contributed by atoms with Crippen molar-refractivity contribution in [3.63, 3.8) is 0 Å². The fraction of sp³-hybridized carbons (Fsp3) is 0.125. The number of hydrogen-bond donors (Lipinski definition) is 2. The number of nitrogen functional groups attached to an aromatic ring is 1. The van der Waals surface area contributed by atoms with Crippen LogP contribution in [0.25, 0.3) is 0 Å². The molecule has 0 heterocycles. The first-order valence-electron chi connectivity index (χ1n) is 3.48. The zero-order valence-electron chi connectivity index (χ0n) is 6.66. The summed E-state index contributed by atoms with van der Waals surface area (Å²) >= 11 is -1.06. The van der Waals surface area contributed by atoms with Crippen molar-refractivity contribution >= 4 is 32.8 Å². The normalized spacial score (nSPS) is 9.85. The van der Waals surface area contributed by atoms with Gasteiger partial charge in [-0.1, -0.05) is 6.07 Å². The van der Waals surface area contributed by atoms with Gasteiger partial charge in [0.25, 0.3) is 0 Å². The molecule has 3 N–H and O–H groups in total. The number of anilines is 1. The second-order valence-corrected chi connectivity index (χ2v) is 3.86. The number of rotatable bonds is 3.